The van der Waals surface area contributed by atoms with Crippen LogP contribution in [0.2, 0.25) is 0 Å². The number of rotatable bonds is 8. The van der Waals surface area contributed by atoms with E-state index in [1.54, 1.807) is 26.0 Å². The highest BCUT2D eigenvalue weighted by atomic mass is 16.4. The van der Waals surface area contributed by atoms with E-state index in [1.165, 1.54) is 17.1 Å². The summed E-state index contributed by atoms with van der Waals surface area (Å²) in [5.41, 5.74) is 8.44. The first-order valence-corrected chi connectivity index (χ1v) is 10.0. The fraction of sp³-hybridized carbons (Fsp3) is 0.500. The fourth-order valence-corrected chi connectivity index (χ4v) is 3.38. The molecule has 3 unspecified atom stereocenters. The molecule has 0 bridgehead atoms. The van der Waals surface area contributed by atoms with Crippen molar-refractivity contribution in [2.24, 2.45) is 11.7 Å². The van der Waals surface area contributed by atoms with Crippen LogP contribution in [-0.2, 0) is 20.8 Å². The Hall–Kier alpha value is -3.34. The molecule has 1 aromatic carbocycles. The number of hydrogen-bond acceptors (Lipinski definition) is 6. The van der Waals surface area contributed by atoms with Crippen LogP contribution in [0.25, 0.3) is 0 Å². The molecule has 170 valence electrons. The number of carbonyl (C=O) groups excluding carboxylic acids is 3. The Balaban J connectivity index is 2.24. The van der Waals surface area contributed by atoms with Gasteiger partial charge in [0.2, 0.25) is 5.91 Å². The fourth-order valence-electron chi connectivity index (χ4n) is 3.38. The molecule has 0 aromatic heterocycles. The minimum atomic E-state index is -1.07. The smallest absolute Gasteiger partial charge is 0.322 e. The molecule has 1 aliphatic heterocycles. The largest absolute Gasteiger partial charge is 0.508 e. The van der Waals surface area contributed by atoms with Gasteiger partial charge in [0.05, 0.1) is 0 Å². The highest BCUT2D eigenvalue weighted by molar-refractivity contribution is 5.92. The number of primary amides is 1. The summed E-state index contributed by atoms with van der Waals surface area (Å²) in [4.78, 5) is 48.6. The first-order chi connectivity index (χ1) is 14.6. The lowest BCUT2D eigenvalue weighted by Crippen LogP contribution is -2.62. The maximum atomic E-state index is 13.2. The highest BCUT2D eigenvalue weighted by Gasteiger charge is 2.34. The van der Waals surface area contributed by atoms with Crippen molar-refractivity contribution >= 4 is 23.8 Å². The molecule has 1 fully saturated rings. The quantitative estimate of drug-likeness (QED) is 0.325. The second-order valence-electron chi connectivity index (χ2n) is 7.82. The van der Waals surface area contributed by atoms with Gasteiger partial charge in [0.1, 0.15) is 23.9 Å². The van der Waals surface area contributed by atoms with Crippen molar-refractivity contribution < 1.29 is 29.4 Å². The third-order valence-electron chi connectivity index (χ3n) is 4.96. The van der Waals surface area contributed by atoms with Crippen molar-refractivity contribution in [1.29, 1.82) is 0 Å². The van der Waals surface area contributed by atoms with E-state index >= 15 is 0 Å². The van der Waals surface area contributed by atoms with Gasteiger partial charge in [-0.05, 0) is 36.5 Å². The van der Waals surface area contributed by atoms with Crippen molar-refractivity contribution in [3.8, 4) is 5.75 Å². The van der Waals surface area contributed by atoms with Crippen molar-refractivity contribution in [2.45, 2.75) is 51.2 Å². The molecule has 0 aliphatic carbocycles. The molecule has 1 aliphatic rings. The number of urea groups is 1. The molecule has 1 heterocycles. The number of carbonyl (C=O) groups is 4. The minimum absolute atomic E-state index is 0.00696. The van der Waals surface area contributed by atoms with Crippen LogP contribution < -0.4 is 21.8 Å². The Kier molecular flexibility index (Phi) is 8.20. The minimum Gasteiger partial charge on any atom is -0.508 e. The maximum Gasteiger partial charge on any atom is 0.322 e. The average molecular weight is 435 g/mol. The molecule has 1 saturated heterocycles. The monoisotopic (exact) mass is 435 g/mol. The molecule has 0 spiro atoms. The summed E-state index contributed by atoms with van der Waals surface area (Å²) in [6, 6.07) is 2.45. The molecule has 1 aromatic rings. The summed E-state index contributed by atoms with van der Waals surface area (Å²) in [7, 11) is 0. The number of hydrazine groups is 1. The molecule has 0 saturated carbocycles. The topological polar surface area (TPSA) is 174 Å². The van der Waals surface area contributed by atoms with Crippen molar-refractivity contribution in [3.63, 3.8) is 0 Å². The van der Waals surface area contributed by atoms with Crippen molar-refractivity contribution in [2.75, 3.05) is 6.54 Å². The van der Waals surface area contributed by atoms with Crippen LogP contribution in [0.5, 0.6) is 5.75 Å². The SMILES string of the molecule is CC(C)C(NC(N)=O)C(=O)NC(Cc1cccc(O)c1)C(=O)N1CCCC(C(=O)O)N1. The van der Waals surface area contributed by atoms with Crippen LogP contribution in [0.3, 0.4) is 0 Å². The predicted octanol–water partition coefficient (Wildman–Crippen LogP) is -0.307. The summed E-state index contributed by atoms with van der Waals surface area (Å²) in [6.07, 6.45) is 0.914. The highest BCUT2D eigenvalue weighted by Crippen LogP contribution is 2.15. The van der Waals surface area contributed by atoms with Gasteiger partial charge in [0, 0.05) is 13.0 Å². The summed E-state index contributed by atoms with van der Waals surface area (Å²) in [5.74, 6) is -2.49. The molecule has 11 nitrogen and oxygen atoms in total. The van der Waals surface area contributed by atoms with Gasteiger partial charge < -0.3 is 26.6 Å². The standard InChI is InChI=1S/C20H29N5O6/c1-11(2)16(23-20(21)31)17(27)22-15(10-12-5-3-6-13(26)9-12)18(28)25-8-4-7-14(24-25)19(29)30/h3,5-6,9,11,14-16,24,26H,4,7-8,10H2,1-2H3,(H,22,27)(H,29,30)(H3,21,23,31). The lowest BCUT2D eigenvalue weighted by molar-refractivity contribution is -0.148. The van der Waals surface area contributed by atoms with E-state index in [-0.39, 0.29) is 24.6 Å². The van der Waals surface area contributed by atoms with Crippen LogP contribution in [0, 0.1) is 5.92 Å². The number of aromatic hydroxyl groups is 1. The molecular formula is C20H29N5O6. The molecule has 7 N–H and O–H groups in total. The molecule has 11 heteroatoms. The Bertz CT molecular complexity index is 830. The van der Waals surface area contributed by atoms with Gasteiger partial charge in [-0.2, -0.15) is 0 Å². The number of nitrogens with one attached hydrogen (secondary N) is 3. The molecule has 3 atom stereocenters. The Morgan fingerprint density at radius 2 is 1.97 bits per heavy atom. The molecule has 4 amide bonds. The van der Waals surface area contributed by atoms with Crippen LogP contribution >= 0.6 is 0 Å². The number of amides is 4. The first-order valence-electron chi connectivity index (χ1n) is 10.0. The van der Waals surface area contributed by atoms with Gasteiger partial charge in [0.25, 0.3) is 5.91 Å². The summed E-state index contributed by atoms with van der Waals surface area (Å²) >= 11 is 0. The Labute approximate surface area is 179 Å². The van der Waals surface area contributed by atoms with E-state index in [0.29, 0.717) is 18.4 Å². The zero-order chi connectivity index (χ0) is 23.1. The van der Waals surface area contributed by atoms with Crippen LogP contribution in [0.15, 0.2) is 24.3 Å². The number of benzene rings is 1. The van der Waals surface area contributed by atoms with E-state index in [0.717, 1.165) is 0 Å². The summed E-state index contributed by atoms with van der Waals surface area (Å²) in [6.45, 7) is 3.72. The van der Waals surface area contributed by atoms with Gasteiger partial charge in [-0.3, -0.25) is 19.4 Å². The molecular weight excluding hydrogens is 406 g/mol. The average Bonchev–Trinajstić information content (AvgIpc) is 2.70. The van der Waals surface area contributed by atoms with Gasteiger partial charge in [-0.1, -0.05) is 26.0 Å². The second-order valence-corrected chi connectivity index (χ2v) is 7.82. The third-order valence-corrected chi connectivity index (χ3v) is 4.96. The normalized spacial score (nSPS) is 18.2. The number of phenolic OH excluding ortho intramolecular Hbond substituents is 1. The summed E-state index contributed by atoms with van der Waals surface area (Å²) in [5, 5.41) is 25.2. The van der Waals surface area contributed by atoms with Gasteiger partial charge in [-0.25, -0.2) is 10.2 Å². The molecule has 31 heavy (non-hydrogen) atoms. The van der Waals surface area contributed by atoms with Gasteiger partial charge in [0.15, 0.2) is 0 Å². The number of nitrogens with two attached hydrogens (primary N) is 1. The van der Waals surface area contributed by atoms with Crippen molar-refractivity contribution in [3.05, 3.63) is 29.8 Å². The van der Waals surface area contributed by atoms with E-state index < -0.39 is 41.9 Å². The van der Waals surface area contributed by atoms with E-state index in [4.69, 9.17) is 5.73 Å². The van der Waals surface area contributed by atoms with Gasteiger partial charge in [-0.15, -0.1) is 0 Å². The number of hydrogen-bond donors (Lipinski definition) is 6. The van der Waals surface area contributed by atoms with E-state index in [2.05, 4.69) is 16.1 Å². The van der Waals surface area contributed by atoms with Crippen LogP contribution in [0.1, 0.15) is 32.3 Å². The number of carboxylic acids is 1. The second kappa shape index (κ2) is 10.6. The number of phenols is 1. The molecule has 0 radical (unpaired) electrons. The van der Waals surface area contributed by atoms with Crippen LogP contribution in [-0.4, -0.2) is 63.7 Å². The maximum absolute atomic E-state index is 13.2. The summed E-state index contributed by atoms with van der Waals surface area (Å²) < 4.78 is 0. The molecule has 2 rings (SSSR count). The lowest BCUT2D eigenvalue weighted by atomic mass is 10.0. The zero-order valence-corrected chi connectivity index (χ0v) is 17.5. The number of carboxylic acid groups (broad SMARTS) is 1. The number of aliphatic carboxylic acids is 1. The van der Waals surface area contributed by atoms with E-state index in [9.17, 15) is 29.4 Å². The third kappa shape index (κ3) is 6.85. The zero-order valence-electron chi connectivity index (χ0n) is 17.5. The Morgan fingerprint density at radius 3 is 2.55 bits per heavy atom. The van der Waals surface area contributed by atoms with Crippen LogP contribution in [0.4, 0.5) is 4.79 Å². The van der Waals surface area contributed by atoms with Crippen molar-refractivity contribution in [1.82, 2.24) is 21.1 Å². The van der Waals surface area contributed by atoms with E-state index in [1.807, 2.05) is 0 Å². The first kappa shape index (κ1) is 23.9. The lowest BCUT2D eigenvalue weighted by Gasteiger charge is -2.35. The van der Waals surface area contributed by atoms with Gasteiger partial charge >= 0.3 is 12.0 Å². The number of nitrogens with zero attached hydrogens (tertiary/aromatic N) is 1. The Morgan fingerprint density at radius 1 is 1.26 bits per heavy atom. The predicted molar refractivity (Wildman–Crippen MR) is 111 cm³/mol.